The van der Waals surface area contributed by atoms with E-state index < -0.39 is 6.36 Å². The topological polar surface area (TPSA) is 72.3 Å². The van der Waals surface area contributed by atoms with Gasteiger partial charge in [0.15, 0.2) is 0 Å². The van der Waals surface area contributed by atoms with Gasteiger partial charge in [-0.3, -0.25) is 4.79 Å². The van der Waals surface area contributed by atoms with Crippen LogP contribution in [0.2, 0.25) is 0 Å². The molecule has 0 aliphatic carbocycles. The van der Waals surface area contributed by atoms with Gasteiger partial charge in [0, 0.05) is 31.2 Å². The van der Waals surface area contributed by atoms with Crippen LogP contribution in [0.5, 0.6) is 5.75 Å². The number of nitrogens with zero attached hydrogens (tertiary/aromatic N) is 4. The average Bonchev–Trinajstić information content (AvgIpc) is 3.13. The molecule has 7 nitrogen and oxygen atoms in total. The second kappa shape index (κ2) is 8.69. The van der Waals surface area contributed by atoms with Gasteiger partial charge in [-0.05, 0) is 54.4 Å². The second-order valence-electron chi connectivity index (χ2n) is 7.92. The first kappa shape index (κ1) is 21.7. The Labute approximate surface area is 192 Å². The molecule has 1 aliphatic heterocycles. The zero-order chi connectivity index (χ0) is 23.7. The maximum absolute atomic E-state index is 13.1. The fraction of sp³-hybridized carbons (Fsp3) is 0.208. The molecule has 1 fully saturated rings. The minimum atomic E-state index is -4.75. The molecule has 10 heteroatoms. The number of fused-ring (bicyclic) bond motifs is 1. The van der Waals surface area contributed by atoms with Crippen LogP contribution in [0.25, 0.3) is 11.0 Å². The second-order valence-corrected chi connectivity index (χ2v) is 7.92. The number of nitrogens with one attached hydrogen (secondary N) is 1. The van der Waals surface area contributed by atoms with E-state index in [-0.39, 0.29) is 18.2 Å². The van der Waals surface area contributed by atoms with Gasteiger partial charge >= 0.3 is 6.36 Å². The zero-order valence-corrected chi connectivity index (χ0v) is 17.9. The Balaban J connectivity index is 1.39. The van der Waals surface area contributed by atoms with Gasteiger partial charge in [-0.2, -0.15) is 0 Å². The Morgan fingerprint density at radius 3 is 2.50 bits per heavy atom. The minimum Gasteiger partial charge on any atom is -0.406 e. The van der Waals surface area contributed by atoms with Gasteiger partial charge in [0.05, 0.1) is 11.9 Å². The molecule has 1 saturated heterocycles. The van der Waals surface area contributed by atoms with E-state index in [2.05, 4.69) is 24.9 Å². The third kappa shape index (κ3) is 4.66. The molecule has 1 aromatic carbocycles. The summed E-state index contributed by atoms with van der Waals surface area (Å²) in [5.74, 6) is 0.230. The van der Waals surface area contributed by atoms with Crippen molar-refractivity contribution >= 4 is 28.4 Å². The number of benzene rings is 1. The lowest BCUT2D eigenvalue weighted by Crippen LogP contribution is -2.37. The number of anilines is 2. The Bertz CT molecular complexity index is 1310. The highest BCUT2D eigenvalue weighted by molar-refractivity contribution is 6.06. The lowest BCUT2D eigenvalue weighted by atomic mass is 10.2. The van der Waals surface area contributed by atoms with Crippen molar-refractivity contribution in [3.63, 3.8) is 0 Å². The van der Waals surface area contributed by atoms with Crippen molar-refractivity contribution in [2.24, 2.45) is 0 Å². The summed E-state index contributed by atoms with van der Waals surface area (Å²) in [5.41, 5.74) is 2.21. The van der Waals surface area contributed by atoms with E-state index in [1.807, 2.05) is 18.2 Å². The molecule has 4 heterocycles. The van der Waals surface area contributed by atoms with Crippen molar-refractivity contribution in [2.45, 2.75) is 19.3 Å². The van der Waals surface area contributed by atoms with E-state index >= 15 is 0 Å². The van der Waals surface area contributed by atoms with Gasteiger partial charge in [-0.1, -0.05) is 12.1 Å². The zero-order valence-electron chi connectivity index (χ0n) is 17.9. The van der Waals surface area contributed by atoms with Gasteiger partial charge in [0.1, 0.15) is 22.9 Å². The first-order valence-electron chi connectivity index (χ1n) is 10.7. The largest absolute Gasteiger partial charge is 0.573 e. The number of halogens is 3. The van der Waals surface area contributed by atoms with Crippen LogP contribution in [-0.4, -0.2) is 39.9 Å². The molecular weight excluding hydrogens is 447 g/mol. The molecule has 1 N–H and O–H groups in total. The quantitative estimate of drug-likeness (QED) is 0.439. The minimum absolute atomic E-state index is 0.238. The fourth-order valence-corrected chi connectivity index (χ4v) is 3.80. The normalized spacial score (nSPS) is 13.6. The number of carbonyl (C=O) groups excluding carboxylic acids is 1. The standard InChI is InChI=1S/C24H20F3N5O2/c25-24(26,27)34-19-7-4-16(5-8-19)15-32-20(13-17-3-1-10-28-22(17)32)23(33)30-18-6-9-21(29-14-18)31-11-2-12-31/h1,3-10,13-14H,2,11-12,15H2,(H,30,33). The van der Waals surface area contributed by atoms with Gasteiger partial charge in [0.25, 0.3) is 5.91 Å². The molecule has 5 rings (SSSR count). The summed E-state index contributed by atoms with van der Waals surface area (Å²) in [4.78, 5) is 24.1. The summed E-state index contributed by atoms with van der Waals surface area (Å²) < 4.78 is 43.0. The van der Waals surface area contributed by atoms with E-state index in [1.165, 1.54) is 24.3 Å². The summed E-state index contributed by atoms with van der Waals surface area (Å²) in [6, 6.07) is 14.6. The van der Waals surface area contributed by atoms with Crippen LogP contribution in [0.4, 0.5) is 24.7 Å². The Morgan fingerprint density at radius 1 is 1.06 bits per heavy atom. The van der Waals surface area contributed by atoms with Gasteiger partial charge in [0.2, 0.25) is 0 Å². The number of hydrogen-bond donors (Lipinski definition) is 1. The molecule has 0 spiro atoms. The van der Waals surface area contributed by atoms with Crippen LogP contribution in [-0.2, 0) is 6.54 Å². The molecule has 0 saturated carbocycles. The van der Waals surface area contributed by atoms with Gasteiger partial charge in [-0.25, -0.2) is 9.97 Å². The van der Waals surface area contributed by atoms with Crippen molar-refractivity contribution in [3.8, 4) is 5.75 Å². The lowest BCUT2D eigenvalue weighted by molar-refractivity contribution is -0.274. The maximum Gasteiger partial charge on any atom is 0.573 e. The SMILES string of the molecule is O=C(Nc1ccc(N2CCC2)nc1)c1cc2cccnc2n1Cc1ccc(OC(F)(F)F)cc1. The van der Waals surface area contributed by atoms with Crippen LogP contribution in [0.15, 0.2) is 67.0 Å². The first-order valence-corrected chi connectivity index (χ1v) is 10.7. The summed E-state index contributed by atoms with van der Waals surface area (Å²) in [7, 11) is 0. The van der Waals surface area contributed by atoms with Crippen molar-refractivity contribution < 1.29 is 22.7 Å². The van der Waals surface area contributed by atoms with Crippen LogP contribution >= 0.6 is 0 Å². The van der Waals surface area contributed by atoms with Crippen molar-refractivity contribution in [2.75, 3.05) is 23.3 Å². The third-order valence-corrected chi connectivity index (χ3v) is 5.57. The smallest absolute Gasteiger partial charge is 0.406 e. The summed E-state index contributed by atoms with van der Waals surface area (Å²) in [6.07, 6.45) is -0.359. The molecule has 1 aliphatic rings. The van der Waals surface area contributed by atoms with Gasteiger partial charge < -0.3 is 19.5 Å². The van der Waals surface area contributed by atoms with Crippen molar-refractivity contribution in [1.82, 2.24) is 14.5 Å². The van der Waals surface area contributed by atoms with E-state index in [0.29, 0.717) is 22.6 Å². The molecule has 34 heavy (non-hydrogen) atoms. The molecule has 0 unspecified atom stereocenters. The van der Waals surface area contributed by atoms with Crippen LogP contribution in [0.1, 0.15) is 22.5 Å². The number of aromatic nitrogens is 3. The lowest BCUT2D eigenvalue weighted by Gasteiger charge is -2.31. The highest BCUT2D eigenvalue weighted by Gasteiger charge is 2.31. The van der Waals surface area contributed by atoms with E-state index in [0.717, 1.165) is 30.7 Å². The molecule has 1 amide bonds. The van der Waals surface area contributed by atoms with E-state index in [4.69, 9.17) is 0 Å². The molecule has 0 atom stereocenters. The summed E-state index contributed by atoms with van der Waals surface area (Å²) >= 11 is 0. The Kier molecular flexibility index (Phi) is 5.56. The third-order valence-electron chi connectivity index (χ3n) is 5.57. The molecule has 0 radical (unpaired) electrons. The maximum atomic E-state index is 13.1. The molecular formula is C24H20F3N5O2. The number of carbonyl (C=O) groups is 1. The molecule has 3 aromatic heterocycles. The first-order chi connectivity index (χ1) is 16.4. The summed E-state index contributed by atoms with van der Waals surface area (Å²) in [5, 5.41) is 3.64. The predicted octanol–water partition coefficient (Wildman–Crippen LogP) is 4.84. The number of ether oxygens (including phenoxy) is 1. The molecule has 174 valence electrons. The van der Waals surface area contributed by atoms with Crippen molar-refractivity contribution in [3.05, 3.63) is 78.2 Å². The number of pyridine rings is 2. The number of alkyl halides is 3. The van der Waals surface area contributed by atoms with Crippen LogP contribution in [0.3, 0.4) is 0 Å². The Morgan fingerprint density at radius 2 is 1.85 bits per heavy atom. The van der Waals surface area contributed by atoms with E-state index in [9.17, 15) is 18.0 Å². The van der Waals surface area contributed by atoms with Crippen LogP contribution < -0.4 is 15.0 Å². The number of amides is 1. The fourth-order valence-electron chi connectivity index (χ4n) is 3.80. The predicted molar refractivity (Wildman–Crippen MR) is 121 cm³/mol. The highest BCUT2D eigenvalue weighted by atomic mass is 19.4. The highest BCUT2D eigenvalue weighted by Crippen LogP contribution is 2.25. The summed E-state index contributed by atoms with van der Waals surface area (Å²) in [6.45, 7) is 2.20. The number of hydrogen-bond acceptors (Lipinski definition) is 5. The van der Waals surface area contributed by atoms with Crippen molar-refractivity contribution in [1.29, 1.82) is 0 Å². The van der Waals surface area contributed by atoms with Gasteiger partial charge in [-0.15, -0.1) is 13.2 Å². The van der Waals surface area contributed by atoms with Crippen LogP contribution in [0, 0.1) is 0 Å². The number of rotatable bonds is 6. The monoisotopic (exact) mass is 467 g/mol. The van der Waals surface area contributed by atoms with E-state index in [1.54, 1.807) is 29.1 Å². The Hall–Kier alpha value is -4.08. The molecule has 4 aromatic rings. The molecule has 0 bridgehead atoms. The average molecular weight is 467 g/mol.